The monoisotopic (exact) mass is 537 g/mol. The third-order valence-corrected chi connectivity index (χ3v) is 7.56. The number of rotatable bonds is 7. The van der Waals surface area contributed by atoms with Gasteiger partial charge in [-0.2, -0.15) is 5.10 Å². The minimum Gasteiger partial charge on any atom is -0.492 e. The number of nitrogens with zero attached hydrogens (tertiary/aromatic N) is 7. The Bertz CT molecular complexity index is 1850. The molecule has 6 heterocycles. The Morgan fingerprint density at radius 3 is 2.73 bits per heavy atom. The summed E-state index contributed by atoms with van der Waals surface area (Å²) < 4.78 is 22.6. The average Bonchev–Trinajstić information content (AvgIpc) is 3.75. The largest absolute Gasteiger partial charge is 0.492 e. The third kappa shape index (κ3) is 4.37. The van der Waals surface area contributed by atoms with Gasteiger partial charge in [-0.25, -0.2) is 24.3 Å². The van der Waals surface area contributed by atoms with Gasteiger partial charge in [-0.15, -0.1) is 0 Å². The van der Waals surface area contributed by atoms with Crippen LogP contribution in [0.2, 0.25) is 0 Å². The summed E-state index contributed by atoms with van der Waals surface area (Å²) in [6.45, 7) is 5.49. The summed E-state index contributed by atoms with van der Waals surface area (Å²) in [7, 11) is 1.96. The van der Waals surface area contributed by atoms with E-state index in [1.54, 1.807) is 6.20 Å². The molecular formula is C29H28FN9O. The van der Waals surface area contributed by atoms with Crippen molar-refractivity contribution in [3.63, 3.8) is 0 Å². The molecular weight excluding hydrogens is 509 g/mol. The lowest BCUT2D eigenvalue weighted by atomic mass is 10.1. The van der Waals surface area contributed by atoms with Gasteiger partial charge in [0.15, 0.2) is 17.2 Å². The summed E-state index contributed by atoms with van der Waals surface area (Å²) in [6.07, 6.45) is 5.94. The van der Waals surface area contributed by atoms with Crippen molar-refractivity contribution >= 4 is 22.2 Å². The van der Waals surface area contributed by atoms with E-state index in [1.165, 1.54) is 25.0 Å². The fourth-order valence-corrected chi connectivity index (χ4v) is 5.30. The van der Waals surface area contributed by atoms with E-state index in [0.717, 1.165) is 47.9 Å². The second-order valence-corrected chi connectivity index (χ2v) is 10.1. The first-order chi connectivity index (χ1) is 19.5. The van der Waals surface area contributed by atoms with Crippen molar-refractivity contribution in [3.05, 3.63) is 60.4 Å². The number of aromatic amines is 2. The Hall–Kier alpha value is -4.64. The molecule has 0 radical (unpaired) electrons. The number of hydrogen-bond donors (Lipinski definition) is 2. The van der Waals surface area contributed by atoms with Crippen LogP contribution in [0.5, 0.6) is 5.75 Å². The highest BCUT2D eigenvalue weighted by Crippen LogP contribution is 2.33. The lowest BCUT2D eigenvalue weighted by molar-refractivity contribution is 0.237. The van der Waals surface area contributed by atoms with Crippen molar-refractivity contribution in [1.82, 2.24) is 44.6 Å². The normalized spacial score (nSPS) is 14.1. The van der Waals surface area contributed by atoms with Gasteiger partial charge < -0.3 is 14.3 Å². The maximum atomic E-state index is 14.7. The fourth-order valence-electron chi connectivity index (χ4n) is 5.30. The standard InChI is InChI=1S/C29H28FN9O/c1-17-32-16-24(38(17)2)22-5-6-23-26(33-22)27(37-36-23)29-34-25-21(7-8-31-28(25)35-29)18-13-19(30)15-20(14-18)40-12-11-39-9-3-4-10-39/h5-8,13-16H,3-4,9-12H2,1-2H3,(H,36,37)(H,31,34,35). The zero-order chi connectivity index (χ0) is 27.2. The number of likely N-dealkylation sites (tertiary alicyclic amines) is 1. The van der Waals surface area contributed by atoms with Gasteiger partial charge in [0.2, 0.25) is 0 Å². The summed E-state index contributed by atoms with van der Waals surface area (Å²) in [4.78, 5) is 24.2. The Morgan fingerprint density at radius 2 is 1.90 bits per heavy atom. The number of imidazole rings is 2. The Morgan fingerprint density at radius 1 is 1.02 bits per heavy atom. The van der Waals surface area contributed by atoms with Crippen LogP contribution in [0.3, 0.4) is 0 Å². The molecule has 0 bridgehead atoms. The van der Waals surface area contributed by atoms with Crippen LogP contribution in [0.4, 0.5) is 4.39 Å². The van der Waals surface area contributed by atoms with E-state index in [-0.39, 0.29) is 5.82 Å². The van der Waals surface area contributed by atoms with Crippen molar-refractivity contribution < 1.29 is 9.13 Å². The molecule has 2 N–H and O–H groups in total. The van der Waals surface area contributed by atoms with Gasteiger partial charge in [0.05, 0.1) is 23.1 Å². The molecule has 7 rings (SSSR count). The summed E-state index contributed by atoms with van der Waals surface area (Å²) in [5, 5.41) is 7.55. The van der Waals surface area contributed by atoms with Gasteiger partial charge in [0, 0.05) is 31.4 Å². The first-order valence-corrected chi connectivity index (χ1v) is 13.4. The van der Waals surface area contributed by atoms with E-state index in [0.29, 0.717) is 46.1 Å². The topological polar surface area (TPSA) is 113 Å². The third-order valence-electron chi connectivity index (χ3n) is 7.56. The fraction of sp³-hybridized carbons (Fsp3) is 0.276. The molecule has 0 spiro atoms. The van der Waals surface area contributed by atoms with Crippen molar-refractivity contribution in [3.8, 4) is 39.8 Å². The molecule has 0 saturated carbocycles. The number of H-pyrrole nitrogens is 2. The SMILES string of the molecule is Cc1ncc(-c2ccc3[nH]nc(-c4nc5c(-c6cc(F)cc(OCCN7CCCC7)c6)ccnc5[nH]4)c3n2)n1C. The smallest absolute Gasteiger partial charge is 0.162 e. The number of aryl methyl sites for hydroxylation is 1. The van der Waals surface area contributed by atoms with Crippen LogP contribution in [0.1, 0.15) is 18.7 Å². The zero-order valence-corrected chi connectivity index (χ0v) is 22.3. The molecule has 40 heavy (non-hydrogen) atoms. The minimum atomic E-state index is -0.366. The molecule has 1 fully saturated rings. The number of ether oxygens (including phenoxy) is 1. The van der Waals surface area contributed by atoms with Crippen molar-refractivity contribution in [1.29, 1.82) is 0 Å². The Kier molecular flexibility index (Phi) is 6.00. The molecule has 1 saturated heterocycles. The summed E-state index contributed by atoms with van der Waals surface area (Å²) in [5.74, 6) is 1.55. The van der Waals surface area contributed by atoms with Crippen LogP contribution < -0.4 is 4.74 Å². The van der Waals surface area contributed by atoms with Crippen LogP contribution in [0.25, 0.3) is 56.2 Å². The molecule has 0 atom stereocenters. The quantitative estimate of drug-likeness (QED) is 0.298. The molecule has 1 aliphatic heterocycles. The molecule has 1 aromatic carbocycles. The van der Waals surface area contributed by atoms with Crippen LogP contribution in [0.15, 0.2) is 48.8 Å². The molecule has 10 nitrogen and oxygen atoms in total. The van der Waals surface area contributed by atoms with E-state index in [9.17, 15) is 4.39 Å². The van der Waals surface area contributed by atoms with Gasteiger partial charge >= 0.3 is 0 Å². The van der Waals surface area contributed by atoms with Gasteiger partial charge in [-0.1, -0.05) is 0 Å². The van der Waals surface area contributed by atoms with Crippen LogP contribution in [-0.2, 0) is 7.05 Å². The number of aromatic nitrogens is 8. The van der Waals surface area contributed by atoms with E-state index < -0.39 is 0 Å². The van der Waals surface area contributed by atoms with Crippen molar-refractivity contribution in [2.24, 2.45) is 7.05 Å². The van der Waals surface area contributed by atoms with Crippen molar-refractivity contribution in [2.75, 3.05) is 26.2 Å². The van der Waals surface area contributed by atoms with E-state index in [4.69, 9.17) is 14.7 Å². The highest BCUT2D eigenvalue weighted by molar-refractivity contribution is 5.95. The number of benzene rings is 1. The number of halogens is 1. The predicted molar refractivity (Wildman–Crippen MR) is 150 cm³/mol. The van der Waals surface area contributed by atoms with Gasteiger partial charge in [-0.3, -0.25) is 10.00 Å². The average molecular weight is 538 g/mol. The van der Waals surface area contributed by atoms with Gasteiger partial charge in [0.25, 0.3) is 0 Å². The van der Waals surface area contributed by atoms with Gasteiger partial charge in [-0.05, 0) is 68.8 Å². The van der Waals surface area contributed by atoms with Crippen molar-refractivity contribution in [2.45, 2.75) is 19.8 Å². The highest BCUT2D eigenvalue weighted by Gasteiger charge is 2.19. The number of fused-ring (bicyclic) bond motifs is 2. The Labute approximate surface area is 229 Å². The highest BCUT2D eigenvalue weighted by atomic mass is 19.1. The minimum absolute atomic E-state index is 0.366. The number of pyridine rings is 2. The van der Waals surface area contributed by atoms with Crippen LogP contribution in [0, 0.1) is 12.7 Å². The lowest BCUT2D eigenvalue weighted by Gasteiger charge is -2.15. The number of nitrogens with one attached hydrogen (secondary N) is 2. The zero-order valence-electron chi connectivity index (χ0n) is 22.3. The maximum Gasteiger partial charge on any atom is 0.162 e. The second kappa shape index (κ2) is 9.83. The molecule has 6 aromatic rings. The Balaban J connectivity index is 1.23. The molecule has 202 valence electrons. The maximum absolute atomic E-state index is 14.7. The first-order valence-electron chi connectivity index (χ1n) is 13.4. The van der Waals surface area contributed by atoms with Crippen LogP contribution >= 0.6 is 0 Å². The second-order valence-electron chi connectivity index (χ2n) is 10.1. The van der Waals surface area contributed by atoms with Crippen LogP contribution in [-0.4, -0.2) is 70.8 Å². The molecule has 0 aliphatic carbocycles. The van der Waals surface area contributed by atoms with E-state index >= 15 is 0 Å². The summed E-state index contributed by atoms with van der Waals surface area (Å²) >= 11 is 0. The molecule has 5 aromatic heterocycles. The summed E-state index contributed by atoms with van der Waals surface area (Å²) in [6, 6.07) is 10.5. The van der Waals surface area contributed by atoms with E-state index in [2.05, 4.69) is 30.0 Å². The first kappa shape index (κ1) is 24.4. The molecule has 0 unspecified atom stereocenters. The molecule has 1 aliphatic rings. The number of hydrogen-bond acceptors (Lipinski definition) is 7. The van der Waals surface area contributed by atoms with Gasteiger partial charge in [0.1, 0.15) is 35.0 Å². The summed E-state index contributed by atoms with van der Waals surface area (Å²) in [5.41, 5.74) is 6.32. The molecule has 0 amide bonds. The molecule has 11 heteroatoms. The van der Waals surface area contributed by atoms with E-state index in [1.807, 2.05) is 49.0 Å². The predicted octanol–water partition coefficient (Wildman–Crippen LogP) is 4.89. The lowest BCUT2D eigenvalue weighted by Crippen LogP contribution is -2.25.